The van der Waals surface area contributed by atoms with Gasteiger partial charge < -0.3 is 14.6 Å². The lowest BCUT2D eigenvalue weighted by Crippen LogP contribution is -2.49. The van der Waals surface area contributed by atoms with Crippen LogP contribution < -0.4 is 11.2 Å². The third kappa shape index (κ3) is 7.32. The van der Waals surface area contributed by atoms with Gasteiger partial charge in [0.05, 0.1) is 33.7 Å². The summed E-state index contributed by atoms with van der Waals surface area (Å²) in [5.74, 6) is -0.259. The number of alkyl halides is 3. The Balaban J connectivity index is 1.73. The smallest absolute Gasteiger partial charge is 0.416 e. The van der Waals surface area contributed by atoms with E-state index in [9.17, 15) is 36.0 Å². The van der Waals surface area contributed by atoms with Crippen molar-refractivity contribution in [1.82, 2.24) is 19.4 Å². The third-order valence-corrected chi connectivity index (χ3v) is 10.0. The summed E-state index contributed by atoms with van der Waals surface area (Å²) in [7, 11) is -3.78. The van der Waals surface area contributed by atoms with E-state index in [1.807, 2.05) is 0 Å². The molecule has 0 saturated carbocycles. The first-order chi connectivity index (χ1) is 20.3. The van der Waals surface area contributed by atoms with Gasteiger partial charge in [0.15, 0.2) is 9.84 Å². The van der Waals surface area contributed by atoms with E-state index in [2.05, 4.69) is 20.9 Å². The number of carbonyl (C=O) groups excluding carboxylic acids is 1. The zero-order valence-corrected chi connectivity index (χ0v) is 27.5. The standard InChI is InChI=1S/C28H31BrClF3N4O6S/c1-5-44(41,42)21-7-6-17(30)12-16(21)14-37-24(38)18-13-20(28(31,32)33)19(22(29)23(18)34-25(37)39)15-35-8-10-36(11-9-35)26(40)43-27(2,3)4/h6-7,12-13H,5,8-11,14-15H2,1-4H3,(H,34,39). The first-order valence-electron chi connectivity index (χ1n) is 13.6. The van der Waals surface area contributed by atoms with E-state index in [0.717, 1.165) is 0 Å². The van der Waals surface area contributed by atoms with Gasteiger partial charge >= 0.3 is 18.0 Å². The van der Waals surface area contributed by atoms with E-state index in [1.165, 1.54) is 30.0 Å². The molecule has 1 fully saturated rings. The Morgan fingerprint density at radius 3 is 2.27 bits per heavy atom. The topological polar surface area (TPSA) is 122 Å². The summed E-state index contributed by atoms with van der Waals surface area (Å²) in [5, 5.41) is -0.261. The number of benzene rings is 2. The molecule has 0 spiro atoms. The summed E-state index contributed by atoms with van der Waals surface area (Å²) in [4.78, 5) is 44.6. The van der Waals surface area contributed by atoms with E-state index >= 15 is 0 Å². The summed E-state index contributed by atoms with van der Waals surface area (Å²) < 4.78 is 74.4. The monoisotopic (exact) mass is 722 g/mol. The van der Waals surface area contributed by atoms with Crippen LogP contribution in [0.3, 0.4) is 0 Å². The number of rotatable bonds is 6. The van der Waals surface area contributed by atoms with Crippen LogP contribution in [0.15, 0.2) is 43.2 Å². The summed E-state index contributed by atoms with van der Waals surface area (Å²) in [5.41, 5.74) is -4.01. The summed E-state index contributed by atoms with van der Waals surface area (Å²) >= 11 is 9.27. The lowest BCUT2D eigenvalue weighted by atomic mass is 10.0. The zero-order valence-electron chi connectivity index (χ0n) is 24.3. The van der Waals surface area contributed by atoms with E-state index in [4.69, 9.17) is 16.3 Å². The van der Waals surface area contributed by atoms with E-state index in [-0.39, 0.29) is 69.5 Å². The second kappa shape index (κ2) is 12.5. The van der Waals surface area contributed by atoms with Crippen molar-refractivity contribution in [3.8, 4) is 0 Å². The van der Waals surface area contributed by atoms with Gasteiger partial charge in [-0.15, -0.1) is 0 Å². The van der Waals surface area contributed by atoms with Crippen LogP contribution in [0.5, 0.6) is 0 Å². The van der Waals surface area contributed by atoms with Gasteiger partial charge in [0, 0.05) is 42.2 Å². The highest BCUT2D eigenvalue weighted by Gasteiger charge is 2.37. The molecule has 2 aromatic carbocycles. The Bertz CT molecular complexity index is 1830. The number of sulfone groups is 1. The number of piperazine rings is 1. The highest BCUT2D eigenvalue weighted by Crippen LogP contribution is 2.39. The fourth-order valence-electron chi connectivity index (χ4n) is 4.88. The average molecular weight is 724 g/mol. The number of hydrogen-bond acceptors (Lipinski definition) is 7. The second-order valence-corrected chi connectivity index (χ2v) is 14.8. The molecule has 1 saturated heterocycles. The number of aromatic nitrogens is 2. The maximum absolute atomic E-state index is 14.4. The van der Waals surface area contributed by atoms with Crippen LogP contribution in [-0.4, -0.2) is 71.4 Å². The molecule has 240 valence electrons. The van der Waals surface area contributed by atoms with E-state index in [0.29, 0.717) is 10.6 Å². The molecule has 44 heavy (non-hydrogen) atoms. The van der Waals surface area contributed by atoms with Crippen molar-refractivity contribution in [2.24, 2.45) is 0 Å². The van der Waals surface area contributed by atoms with Crippen LogP contribution in [0.25, 0.3) is 10.9 Å². The lowest BCUT2D eigenvalue weighted by molar-refractivity contribution is -0.138. The van der Waals surface area contributed by atoms with Crippen molar-refractivity contribution in [2.75, 3.05) is 31.9 Å². The number of carbonyl (C=O) groups is 1. The van der Waals surface area contributed by atoms with Crippen molar-refractivity contribution in [2.45, 2.75) is 57.5 Å². The quantitative estimate of drug-likeness (QED) is 0.379. The molecule has 1 aliphatic rings. The van der Waals surface area contributed by atoms with Crippen molar-refractivity contribution < 1.29 is 31.1 Å². The molecule has 2 heterocycles. The second-order valence-electron chi connectivity index (χ2n) is 11.4. The highest BCUT2D eigenvalue weighted by atomic mass is 79.9. The number of hydrogen-bond donors (Lipinski definition) is 1. The number of fused-ring (bicyclic) bond motifs is 1. The van der Waals surface area contributed by atoms with E-state index in [1.54, 1.807) is 25.7 Å². The molecular formula is C28H31BrClF3N4O6S. The minimum Gasteiger partial charge on any atom is -0.444 e. The first-order valence-corrected chi connectivity index (χ1v) is 16.4. The number of ether oxygens (including phenoxy) is 1. The minimum absolute atomic E-state index is 0.0450. The maximum Gasteiger partial charge on any atom is 0.416 e. The van der Waals surface area contributed by atoms with Gasteiger partial charge in [-0.1, -0.05) is 18.5 Å². The van der Waals surface area contributed by atoms with Crippen molar-refractivity contribution in [3.63, 3.8) is 0 Å². The van der Waals surface area contributed by atoms with Crippen molar-refractivity contribution in [1.29, 1.82) is 0 Å². The first kappa shape index (κ1) is 34.0. The molecule has 0 unspecified atom stereocenters. The van der Waals surface area contributed by atoms with Crippen LogP contribution in [0.1, 0.15) is 44.4 Å². The SMILES string of the molecule is CCS(=O)(=O)c1ccc(Cl)cc1Cn1c(=O)[nH]c2c(Br)c(CN3CCN(C(=O)OC(C)(C)C)CC3)c(C(F)(F)F)cc2c1=O. The average Bonchev–Trinajstić information content (AvgIpc) is 2.91. The number of H-pyrrole nitrogens is 1. The molecule has 0 atom stereocenters. The molecule has 1 N–H and O–H groups in total. The van der Waals surface area contributed by atoms with Gasteiger partial charge in [-0.25, -0.2) is 18.0 Å². The van der Waals surface area contributed by atoms with Gasteiger partial charge in [0.25, 0.3) is 5.56 Å². The maximum atomic E-state index is 14.4. The number of halogens is 5. The Labute approximate surface area is 264 Å². The number of nitrogens with zero attached hydrogens (tertiary/aromatic N) is 3. The summed E-state index contributed by atoms with van der Waals surface area (Å²) in [6.07, 6.45) is -5.36. The molecule has 4 rings (SSSR count). The molecule has 1 amide bonds. The van der Waals surface area contributed by atoms with Gasteiger partial charge in [-0.2, -0.15) is 13.2 Å². The van der Waals surface area contributed by atoms with Crippen LogP contribution in [0.4, 0.5) is 18.0 Å². The zero-order chi connectivity index (χ0) is 32.8. The molecule has 10 nitrogen and oxygen atoms in total. The largest absolute Gasteiger partial charge is 0.444 e. The number of amides is 1. The lowest BCUT2D eigenvalue weighted by Gasteiger charge is -2.36. The van der Waals surface area contributed by atoms with Gasteiger partial charge in [0.2, 0.25) is 0 Å². The molecule has 1 aliphatic heterocycles. The van der Waals surface area contributed by atoms with Crippen LogP contribution in [0.2, 0.25) is 5.02 Å². The van der Waals surface area contributed by atoms with Crippen LogP contribution in [0, 0.1) is 0 Å². The third-order valence-electron chi connectivity index (χ3n) is 7.10. The molecule has 3 aromatic rings. The number of aromatic amines is 1. The molecular weight excluding hydrogens is 693 g/mol. The highest BCUT2D eigenvalue weighted by molar-refractivity contribution is 9.10. The molecule has 0 aliphatic carbocycles. The Morgan fingerprint density at radius 1 is 1.07 bits per heavy atom. The molecule has 0 radical (unpaired) electrons. The molecule has 1 aromatic heterocycles. The Morgan fingerprint density at radius 2 is 1.70 bits per heavy atom. The predicted octanol–water partition coefficient (Wildman–Crippen LogP) is 5.02. The molecule has 0 bridgehead atoms. The van der Waals surface area contributed by atoms with Crippen LogP contribution in [-0.2, 0) is 33.8 Å². The predicted molar refractivity (Wildman–Crippen MR) is 163 cm³/mol. The fourth-order valence-corrected chi connectivity index (χ4v) is 6.84. The van der Waals surface area contributed by atoms with Crippen molar-refractivity contribution >= 4 is 54.4 Å². The van der Waals surface area contributed by atoms with E-state index < -0.39 is 56.5 Å². The Kier molecular flexibility index (Phi) is 9.65. The fraction of sp³-hybridized carbons (Fsp3) is 0.464. The van der Waals surface area contributed by atoms with Crippen molar-refractivity contribution in [3.05, 3.63) is 71.3 Å². The molecule has 16 heteroatoms. The normalized spacial score (nSPS) is 15.2. The van der Waals surface area contributed by atoms with Gasteiger partial charge in [0.1, 0.15) is 5.60 Å². The summed E-state index contributed by atoms with van der Waals surface area (Å²) in [6.45, 7) is 6.93. The number of nitrogens with one attached hydrogen (secondary N) is 1. The van der Waals surface area contributed by atoms with Gasteiger partial charge in [-0.3, -0.25) is 14.3 Å². The Hall–Kier alpha value is -2.88. The summed E-state index contributed by atoms with van der Waals surface area (Å²) in [6, 6.07) is 4.60. The van der Waals surface area contributed by atoms with Crippen LogP contribution >= 0.6 is 27.5 Å². The van der Waals surface area contributed by atoms with Gasteiger partial charge in [-0.05, 0) is 72.1 Å². The minimum atomic E-state index is -4.85.